The molecule has 0 spiro atoms. The lowest BCUT2D eigenvalue weighted by atomic mass is 9.94. The van der Waals surface area contributed by atoms with Crippen LogP contribution in [0.25, 0.3) is 16.2 Å². The zero-order chi connectivity index (χ0) is 19.2. The first-order valence-electron chi connectivity index (χ1n) is 9.31. The van der Waals surface area contributed by atoms with Crippen LogP contribution in [0.5, 0.6) is 0 Å². The molecule has 1 fully saturated rings. The van der Waals surface area contributed by atoms with Gasteiger partial charge in [0.2, 0.25) is 0 Å². The third-order valence-electron chi connectivity index (χ3n) is 5.14. The number of hydrogen-bond acceptors (Lipinski definition) is 4. The molecule has 2 aromatic heterocycles. The molecule has 3 aromatic rings. The van der Waals surface area contributed by atoms with E-state index in [1.54, 1.807) is 0 Å². The highest BCUT2D eigenvalue weighted by Gasteiger charge is 2.30. The molecule has 0 saturated carbocycles. The molecule has 1 unspecified atom stereocenters. The minimum atomic E-state index is -0.189. The van der Waals surface area contributed by atoms with E-state index >= 15 is 0 Å². The van der Waals surface area contributed by atoms with Crippen molar-refractivity contribution in [2.45, 2.75) is 52.2 Å². The molecule has 0 aliphatic carbocycles. The fourth-order valence-electron chi connectivity index (χ4n) is 3.70. The van der Waals surface area contributed by atoms with Crippen molar-refractivity contribution in [3.8, 4) is 11.3 Å². The second-order valence-corrected chi connectivity index (χ2v) is 8.83. The molecular weight excluding hydrogens is 358 g/mol. The number of fused-ring (bicyclic) bond motifs is 1. The van der Waals surface area contributed by atoms with E-state index in [1.807, 2.05) is 16.0 Å². The van der Waals surface area contributed by atoms with Crippen LogP contribution >= 0.6 is 11.3 Å². The lowest BCUT2D eigenvalue weighted by Gasteiger charge is -2.35. The number of amides is 1. The number of rotatable bonds is 3. The van der Waals surface area contributed by atoms with E-state index in [1.165, 1.54) is 22.5 Å². The highest BCUT2D eigenvalue weighted by molar-refractivity contribution is 7.15. The first-order valence-corrected chi connectivity index (χ1v) is 10.2. The molecule has 0 radical (unpaired) electrons. The van der Waals surface area contributed by atoms with E-state index in [0.717, 1.165) is 29.1 Å². The Balaban J connectivity index is 1.60. The van der Waals surface area contributed by atoms with E-state index in [0.29, 0.717) is 12.3 Å². The summed E-state index contributed by atoms with van der Waals surface area (Å²) in [5, 5.41) is 5.06. The smallest absolute Gasteiger partial charge is 0.269 e. The number of imidazole rings is 1. The molecule has 1 N–H and O–H groups in total. The summed E-state index contributed by atoms with van der Waals surface area (Å²) in [6.07, 6.45) is 3.64. The maximum atomic E-state index is 12.9. The Kier molecular flexibility index (Phi) is 4.56. The number of aryl methyl sites for hydroxylation is 2. The lowest BCUT2D eigenvalue weighted by Crippen LogP contribution is -2.46. The lowest BCUT2D eigenvalue weighted by molar-refractivity contribution is -0.0615. The fraction of sp³-hybridized carbons (Fsp3) is 0.429. The molecule has 0 bridgehead atoms. The van der Waals surface area contributed by atoms with E-state index in [9.17, 15) is 4.79 Å². The normalized spacial score (nSPS) is 19.3. The van der Waals surface area contributed by atoms with Gasteiger partial charge in [0.15, 0.2) is 4.96 Å². The summed E-state index contributed by atoms with van der Waals surface area (Å²) in [4.78, 5) is 18.4. The van der Waals surface area contributed by atoms with Crippen molar-refractivity contribution in [2.24, 2.45) is 0 Å². The van der Waals surface area contributed by atoms with Crippen LogP contribution in [0.1, 0.15) is 48.3 Å². The van der Waals surface area contributed by atoms with Gasteiger partial charge in [0, 0.05) is 29.8 Å². The molecule has 1 atom stereocenters. The SMILES string of the molecule is Cc1ccc(C)c(-c2cn3c(C(=O)NC4CCOC(C)(C)C4)csc3n2)c1. The van der Waals surface area contributed by atoms with Gasteiger partial charge in [-0.25, -0.2) is 4.98 Å². The molecule has 1 saturated heterocycles. The van der Waals surface area contributed by atoms with E-state index in [4.69, 9.17) is 9.72 Å². The monoisotopic (exact) mass is 383 g/mol. The quantitative estimate of drug-likeness (QED) is 0.731. The molecule has 1 aliphatic heterocycles. The summed E-state index contributed by atoms with van der Waals surface area (Å²) in [7, 11) is 0. The van der Waals surface area contributed by atoms with Gasteiger partial charge >= 0.3 is 0 Å². The Morgan fingerprint density at radius 1 is 1.37 bits per heavy atom. The van der Waals surface area contributed by atoms with Crippen LogP contribution in [0.2, 0.25) is 0 Å². The average Bonchev–Trinajstić information content (AvgIpc) is 3.16. The first kappa shape index (κ1) is 18.2. The highest BCUT2D eigenvalue weighted by Crippen LogP contribution is 2.28. The number of hydrogen-bond donors (Lipinski definition) is 1. The largest absolute Gasteiger partial charge is 0.375 e. The van der Waals surface area contributed by atoms with Crippen molar-refractivity contribution >= 4 is 22.2 Å². The predicted octanol–water partition coefficient (Wildman–Crippen LogP) is 4.37. The Hall–Kier alpha value is -2.18. The van der Waals surface area contributed by atoms with Crippen molar-refractivity contribution in [2.75, 3.05) is 6.61 Å². The van der Waals surface area contributed by atoms with Crippen LogP contribution in [0.15, 0.2) is 29.8 Å². The number of carbonyl (C=O) groups excluding carboxylic acids is 1. The molecule has 1 aromatic carbocycles. The number of ether oxygens (including phenoxy) is 1. The molecule has 1 amide bonds. The number of benzene rings is 1. The molecule has 4 rings (SSSR count). The molecule has 5 nitrogen and oxygen atoms in total. The summed E-state index contributed by atoms with van der Waals surface area (Å²) >= 11 is 1.50. The molecule has 6 heteroatoms. The zero-order valence-electron chi connectivity index (χ0n) is 16.2. The summed E-state index contributed by atoms with van der Waals surface area (Å²) in [6, 6.07) is 6.49. The van der Waals surface area contributed by atoms with Crippen molar-refractivity contribution in [1.82, 2.24) is 14.7 Å². The summed E-state index contributed by atoms with van der Waals surface area (Å²) < 4.78 is 7.65. The summed E-state index contributed by atoms with van der Waals surface area (Å²) in [5.41, 5.74) is 4.86. The minimum absolute atomic E-state index is 0.0473. The summed E-state index contributed by atoms with van der Waals surface area (Å²) in [5.74, 6) is -0.0473. The van der Waals surface area contributed by atoms with E-state index in [2.05, 4.69) is 51.2 Å². The molecule has 3 heterocycles. The molecule has 1 aliphatic rings. The van der Waals surface area contributed by atoms with Crippen LogP contribution in [0, 0.1) is 13.8 Å². The third kappa shape index (κ3) is 3.64. The van der Waals surface area contributed by atoms with Crippen LogP contribution in [0.3, 0.4) is 0 Å². The Morgan fingerprint density at radius 2 is 2.19 bits per heavy atom. The number of carbonyl (C=O) groups is 1. The van der Waals surface area contributed by atoms with Crippen LogP contribution < -0.4 is 5.32 Å². The van der Waals surface area contributed by atoms with Crippen molar-refractivity contribution in [3.63, 3.8) is 0 Å². The van der Waals surface area contributed by atoms with Gasteiger partial charge in [0.05, 0.1) is 11.3 Å². The summed E-state index contributed by atoms with van der Waals surface area (Å²) in [6.45, 7) is 8.98. The molecular formula is C21H25N3O2S. The highest BCUT2D eigenvalue weighted by atomic mass is 32.1. The first-order chi connectivity index (χ1) is 12.8. The van der Waals surface area contributed by atoms with Crippen molar-refractivity contribution in [3.05, 3.63) is 46.6 Å². The van der Waals surface area contributed by atoms with Gasteiger partial charge in [0.25, 0.3) is 5.91 Å². The van der Waals surface area contributed by atoms with Crippen LogP contribution in [0.4, 0.5) is 0 Å². The predicted molar refractivity (Wildman–Crippen MR) is 108 cm³/mol. The zero-order valence-corrected chi connectivity index (χ0v) is 17.0. The standard InChI is InChI=1S/C21H25N3O2S/c1-13-5-6-14(2)16(9-13)17-11-24-18(12-27-20(24)23-17)19(25)22-15-7-8-26-21(3,4)10-15/h5-6,9,11-12,15H,7-8,10H2,1-4H3,(H,22,25). The van der Waals surface area contributed by atoms with Gasteiger partial charge < -0.3 is 10.1 Å². The number of thiazole rings is 1. The third-order valence-corrected chi connectivity index (χ3v) is 5.98. The molecule has 27 heavy (non-hydrogen) atoms. The van der Waals surface area contributed by atoms with E-state index < -0.39 is 0 Å². The van der Waals surface area contributed by atoms with Crippen molar-refractivity contribution in [1.29, 1.82) is 0 Å². The Labute approximate surface area is 163 Å². The van der Waals surface area contributed by atoms with Gasteiger partial charge in [-0.15, -0.1) is 11.3 Å². The second kappa shape index (κ2) is 6.77. The Bertz CT molecular complexity index is 1000. The number of nitrogens with one attached hydrogen (secondary N) is 1. The van der Waals surface area contributed by atoms with Crippen molar-refractivity contribution < 1.29 is 9.53 Å². The fourth-order valence-corrected chi connectivity index (χ4v) is 4.56. The van der Waals surface area contributed by atoms with Gasteiger partial charge in [-0.1, -0.05) is 17.7 Å². The van der Waals surface area contributed by atoms with E-state index in [-0.39, 0.29) is 17.6 Å². The maximum Gasteiger partial charge on any atom is 0.269 e. The Morgan fingerprint density at radius 3 is 2.96 bits per heavy atom. The van der Waals surface area contributed by atoms with Gasteiger partial charge in [-0.05, 0) is 52.2 Å². The average molecular weight is 384 g/mol. The van der Waals surface area contributed by atoms with Gasteiger partial charge in [-0.2, -0.15) is 0 Å². The van der Waals surface area contributed by atoms with Gasteiger partial charge in [-0.3, -0.25) is 9.20 Å². The maximum absolute atomic E-state index is 12.9. The number of aromatic nitrogens is 2. The minimum Gasteiger partial charge on any atom is -0.375 e. The second-order valence-electron chi connectivity index (χ2n) is 7.99. The van der Waals surface area contributed by atoms with Crippen LogP contribution in [-0.2, 0) is 4.74 Å². The van der Waals surface area contributed by atoms with Gasteiger partial charge in [0.1, 0.15) is 5.69 Å². The topological polar surface area (TPSA) is 55.6 Å². The number of nitrogens with zero attached hydrogens (tertiary/aromatic N) is 2. The van der Waals surface area contributed by atoms with Crippen LogP contribution in [-0.4, -0.2) is 33.5 Å². The molecule has 142 valence electrons.